The molecule has 0 aromatic carbocycles. The van der Waals surface area contributed by atoms with Crippen molar-refractivity contribution >= 4 is 5.91 Å². The fraction of sp³-hybridized carbons (Fsp3) is 0. The van der Waals surface area contributed by atoms with Crippen molar-refractivity contribution in [1.29, 1.82) is 0 Å². The topological polar surface area (TPSA) is 68.9 Å². The van der Waals surface area contributed by atoms with E-state index in [1.54, 1.807) is 30.6 Å². The van der Waals surface area contributed by atoms with Crippen LogP contribution in [0.4, 0.5) is 0 Å². The van der Waals surface area contributed by atoms with Gasteiger partial charge in [0.15, 0.2) is 0 Å². The number of hydrogen-bond donors (Lipinski definition) is 1. The molecule has 0 bridgehead atoms. The summed E-state index contributed by atoms with van der Waals surface area (Å²) in [7, 11) is 0. The van der Waals surface area contributed by atoms with Gasteiger partial charge in [-0.2, -0.15) is 0 Å². The van der Waals surface area contributed by atoms with E-state index in [9.17, 15) is 4.79 Å². The molecule has 0 spiro atoms. The molecule has 2 aromatic heterocycles. The second-order valence-corrected chi connectivity index (χ2v) is 2.60. The maximum Gasteiger partial charge on any atom is 0.267 e. The van der Waals surface area contributed by atoms with Crippen LogP contribution in [0.1, 0.15) is 10.5 Å². The molecule has 0 saturated carbocycles. The zero-order valence-electron chi connectivity index (χ0n) is 8.08. The normalized spacial score (nSPS) is 8.53. The van der Waals surface area contributed by atoms with Gasteiger partial charge in [0, 0.05) is 18.6 Å². The lowest BCUT2D eigenvalue weighted by molar-refractivity contribution is 0.0995. The summed E-state index contributed by atoms with van der Waals surface area (Å²) in [6.07, 6.45) is 5.03. The summed E-state index contributed by atoms with van der Waals surface area (Å²) >= 11 is 0. The third kappa shape index (κ3) is 4.52. The van der Waals surface area contributed by atoms with Gasteiger partial charge in [-0.05, 0) is 24.3 Å². The highest BCUT2D eigenvalue weighted by atomic mass is 16.1. The quantitative estimate of drug-likeness (QED) is 0.755. The van der Waals surface area contributed by atoms with Crippen molar-refractivity contribution < 1.29 is 4.79 Å². The molecule has 1 amide bonds. The van der Waals surface area contributed by atoms with E-state index in [-0.39, 0.29) is 0 Å². The molecule has 76 valence electrons. The Morgan fingerprint density at radius 3 is 1.93 bits per heavy atom. The number of rotatable bonds is 1. The highest BCUT2D eigenvalue weighted by molar-refractivity contribution is 5.90. The lowest BCUT2D eigenvalue weighted by Crippen LogP contribution is -2.12. The third-order valence-electron chi connectivity index (χ3n) is 1.48. The smallest absolute Gasteiger partial charge is 0.267 e. The molecule has 15 heavy (non-hydrogen) atoms. The standard InChI is InChI=1S/C6H6N2O.C5H5N/c7-6(9)5-3-1-2-4-8-5;1-2-4-6-5-3-1/h1-4H,(H2,7,9);1-5H. The Bertz CT molecular complexity index is 362. The van der Waals surface area contributed by atoms with E-state index in [2.05, 4.69) is 9.97 Å². The molecule has 0 aliphatic carbocycles. The summed E-state index contributed by atoms with van der Waals surface area (Å²) in [5.74, 6) is -0.490. The van der Waals surface area contributed by atoms with Crippen LogP contribution in [0.15, 0.2) is 55.0 Å². The molecule has 2 heterocycles. The van der Waals surface area contributed by atoms with Gasteiger partial charge < -0.3 is 5.73 Å². The van der Waals surface area contributed by atoms with Crippen molar-refractivity contribution in [2.75, 3.05) is 0 Å². The van der Waals surface area contributed by atoms with Crippen LogP contribution in [0.2, 0.25) is 0 Å². The van der Waals surface area contributed by atoms with E-state index in [1.807, 2.05) is 18.2 Å². The maximum atomic E-state index is 10.4. The highest BCUT2D eigenvalue weighted by Crippen LogP contribution is 1.88. The number of carbonyl (C=O) groups excluding carboxylic acids is 1. The van der Waals surface area contributed by atoms with Crippen LogP contribution in [0.25, 0.3) is 0 Å². The van der Waals surface area contributed by atoms with Gasteiger partial charge in [-0.15, -0.1) is 0 Å². The number of carbonyl (C=O) groups is 1. The van der Waals surface area contributed by atoms with Crippen LogP contribution >= 0.6 is 0 Å². The minimum absolute atomic E-state index is 0.303. The van der Waals surface area contributed by atoms with E-state index >= 15 is 0 Å². The number of nitrogens with zero attached hydrogens (tertiary/aromatic N) is 2. The molecule has 2 rings (SSSR count). The first-order valence-corrected chi connectivity index (χ1v) is 4.36. The molecule has 0 saturated heterocycles. The van der Waals surface area contributed by atoms with E-state index in [0.717, 1.165) is 0 Å². The van der Waals surface area contributed by atoms with Crippen LogP contribution in [-0.2, 0) is 0 Å². The Labute approximate surface area is 87.8 Å². The molecule has 0 atom stereocenters. The minimum atomic E-state index is -0.490. The Morgan fingerprint density at radius 1 is 1.00 bits per heavy atom. The molecule has 0 radical (unpaired) electrons. The summed E-state index contributed by atoms with van der Waals surface area (Å²) in [6.45, 7) is 0. The molecule has 0 aliphatic rings. The molecule has 4 heteroatoms. The second-order valence-electron chi connectivity index (χ2n) is 2.60. The first-order chi connectivity index (χ1) is 7.30. The first-order valence-electron chi connectivity index (χ1n) is 4.36. The van der Waals surface area contributed by atoms with Gasteiger partial charge >= 0.3 is 0 Å². The molecule has 0 fully saturated rings. The number of hydrogen-bond acceptors (Lipinski definition) is 3. The summed E-state index contributed by atoms with van der Waals surface area (Å²) < 4.78 is 0. The molecule has 4 nitrogen and oxygen atoms in total. The largest absolute Gasteiger partial charge is 0.364 e. The van der Waals surface area contributed by atoms with Gasteiger partial charge in [-0.3, -0.25) is 14.8 Å². The molecular weight excluding hydrogens is 190 g/mol. The van der Waals surface area contributed by atoms with Crippen LogP contribution in [0.5, 0.6) is 0 Å². The summed E-state index contributed by atoms with van der Waals surface area (Å²) in [5, 5.41) is 0. The fourth-order valence-corrected chi connectivity index (χ4v) is 0.821. The number of primary amides is 1. The van der Waals surface area contributed by atoms with Gasteiger partial charge in [-0.1, -0.05) is 12.1 Å². The predicted octanol–water partition coefficient (Wildman–Crippen LogP) is 1.26. The van der Waals surface area contributed by atoms with Crippen LogP contribution in [0.3, 0.4) is 0 Å². The van der Waals surface area contributed by atoms with Gasteiger partial charge in [-0.25, -0.2) is 0 Å². The van der Waals surface area contributed by atoms with E-state index in [0.29, 0.717) is 5.69 Å². The fourth-order valence-electron chi connectivity index (χ4n) is 0.821. The van der Waals surface area contributed by atoms with Crippen molar-refractivity contribution in [1.82, 2.24) is 9.97 Å². The lowest BCUT2D eigenvalue weighted by atomic mass is 10.3. The molecule has 0 aliphatic heterocycles. The summed E-state index contributed by atoms with van der Waals surface area (Å²) in [6, 6.07) is 10.7. The van der Waals surface area contributed by atoms with Gasteiger partial charge in [0.2, 0.25) is 0 Å². The van der Waals surface area contributed by atoms with Gasteiger partial charge in [0.05, 0.1) is 0 Å². The minimum Gasteiger partial charge on any atom is -0.364 e. The molecular formula is C11H11N3O. The zero-order valence-corrected chi connectivity index (χ0v) is 8.08. The average Bonchev–Trinajstić information content (AvgIpc) is 2.33. The predicted molar refractivity (Wildman–Crippen MR) is 57.0 cm³/mol. The molecule has 2 N–H and O–H groups in total. The number of aromatic nitrogens is 2. The zero-order chi connectivity index (χ0) is 10.9. The Balaban J connectivity index is 0.000000162. The SMILES string of the molecule is NC(=O)c1ccccn1.c1ccncc1. The third-order valence-corrected chi connectivity index (χ3v) is 1.48. The number of pyridine rings is 2. The van der Waals surface area contributed by atoms with E-state index in [1.165, 1.54) is 6.20 Å². The van der Waals surface area contributed by atoms with Crippen molar-refractivity contribution in [2.45, 2.75) is 0 Å². The van der Waals surface area contributed by atoms with Crippen LogP contribution < -0.4 is 5.73 Å². The Kier molecular flexibility index (Phi) is 4.53. The monoisotopic (exact) mass is 201 g/mol. The molecule has 0 unspecified atom stereocenters. The first kappa shape index (κ1) is 10.8. The van der Waals surface area contributed by atoms with Crippen molar-refractivity contribution in [2.24, 2.45) is 5.73 Å². The highest BCUT2D eigenvalue weighted by Gasteiger charge is 1.95. The second kappa shape index (κ2) is 6.26. The van der Waals surface area contributed by atoms with E-state index < -0.39 is 5.91 Å². The van der Waals surface area contributed by atoms with Crippen molar-refractivity contribution in [3.8, 4) is 0 Å². The maximum absolute atomic E-state index is 10.4. The number of amides is 1. The number of nitrogens with two attached hydrogens (primary N) is 1. The van der Waals surface area contributed by atoms with Gasteiger partial charge in [0.1, 0.15) is 5.69 Å². The summed E-state index contributed by atoms with van der Waals surface area (Å²) in [4.78, 5) is 17.8. The van der Waals surface area contributed by atoms with Gasteiger partial charge in [0.25, 0.3) is 5.91 Å². The van der Waals surface area contributed by atoms with Crippen LogP contribution in [0, 0.1) is 0 Å². The average molecular weight is 201 g/mol. The molecule has 2 aromatic rings. The Hall–Kier alpha value is -2.23. The lowest BCUT2D eigenvalue weighted by Gasteiger charge is -1.88. The summed E-state index contributed by atoms with van der Waals surface area (Å²) in [5.41, 5.74) is 5.22. The van der Waals surface area contributed by atoms with Crippen molar-refractivity contribution in [3.05, 3.63) is 60.7 Å². The van der Waals surface area contributed by atoms with E-state index in [4.69, 9.17) is 5.73 Å². The van der Waals surface area contributed by atoms with Crippen molar-refractivity contribution in [3.63, 3.8) is 0 Å². The van der Waals surface area contributed by atoms with Crippen LogP contribution in [-0.4, -0.2) is 15.9 Å². The Morgan fingerprint density at radius 2 is 1.67 bits per heavy atom.